The van der Waals surface area contributed by atoms with E-state index in [9.17, 15) is 9.18 Å². The molecule has 0 saturated carbocycles. The van der Waals surface area contributed by atoms with Crippen molar-refractivity contribution in [2.24, 2.45) is 0 Å². The number of aryl methyl sites for hydroxylation is 1. The zero-order valence-electron chi connectivity index (χ0n) is 14.3. The minimum atomic E-state index is -0.309. The van der Waals surface area contributed by atoms with Gasteiger partial charge in [-0.15, -0.1) is 10.2 Å². The van der Waals surface area contributed by atoms with Crippen molar-refractivity contribution in [1.82, 2.24) is 24.4 Å². The zero-order chi connectivity index (χ0) is 18.3. The van der Waals surface area contributed by atoms with Crippen LogP contribution in [0.2, 0.25) is 0 Å². The van der Waals surface area contributed by atoms with Gasteiger partial charge in [-0.2, -0.15) is 5.10 Å². The number of aromatic nitrogens is 5. The molecule has 26 heavy (non-hydrogen) atoms. The Kier molecular flexibility index (Phi) is 3.96. The number of nitrogens with zero attached hydrogens (tertiary/aromatic N) is 5. The van der Waals surface area contributed by atoms with Crippen molar-refractivity contribution >= 4 is 16.7 Å². The molecule has 0 atom stereocenters. The maximum Gasteiger partial charge on any atom is 0.280 e. The lowest BCUT2D eigenvalue weighted by Crippen LogP contribution is -2.23. The molecule has 0 unspecified atom stereocenters. The highest BCUT2D eigenvalue weighted by Crippen LogP contribution is 2.28. The summed E-state index contributed by atoms with van der Waals surface area (Å²) in [6.07, 6.45) is 1.69. The van der Waals surface area contributed by atoms with E-state index in [1.54, 1.807) is 36.0 Å². The Morgan fingerprint density at radius 1 is 1.15 bits per heavy atom. The fraction of sp³-hybridized carbons (Fsp3) is 0.222. The van der Waals surface area contributed by atoms with Gasteiger partial charge < -0.3 is 9.30 Å². The smallest absolute Gasteiger partial charge is 0.280 e. The van der Waals surface area contributed by atoms with Gasteiger partial charge >= 0.3 is 0 Å². The molecule has 4 aromatic rings. The standard InChI is InChI=1S/C18H16FN5O2/c1-11-15(12-3-5-13(19)6-4-12)17-21-20-16-14(24(17)22-11)7-8-23(18(16)25)9-10-26-2/h3-8H,9-10H2,1-2H3. The molecule has 1 aromatic carbocycles. The van der Waals surface area contributed by atoms with Crippen molar-refractivity contribution in [1.29, 1.82) is 0 Å². The van der Waals surface area contributed by atoms with Gasteiger partial charge in [-0.05, 0) is 30.7 Å². The van der Waals surface area contributed by atoms with Crippen LogP contribution >= 0.6 is 0 Å². The largest absolute Gasteiger partial charge is 0.383 e. The predicted molar refractivity (Wildman–Crippen MR) is 94.6 cm³/mol. The van der Waals surface area contributed by atoms with Gasteiger partial charge in [0, 0.05) is 19.9 Å². The van der Waals surface area contributed by atoms with E-state index in [0.717, 1.165) is 16.8 Å². The first-order chi connectivity index (χ1) is 12.6. The summed E-state index contributed by atoms with van der Waals surface area (Å²) in [5.74, 6) is -0.309. The third-order valence-corrected chi connectivity index (χ3v) is 4.30. The molecule has 3 heterocycles. The van der Waals surface area contributed by atoms with Crippen LogP contribution < -0.4 is 5.56 Å². The molecule has 0 radical (unpaired) electrons. The van der Waals surface area contributed by atoms with Gasteiger partial charge in [0.15, 0.2) is 11.2 Å². The highest BCUT2D eigenvalue weighted by molar-refractivity contribution is 5.84. The third kappa shape index (κ3) is 2.55. The molecular formula is C18H16FN5O2. The highest BCUT2D eigenvalue weighted by Gasteiger charge is 2.17. The Hall–Kier alpha value is -3.13. The second kappa shape index (κ2) is 6.30. The molecule has 0 N–H and O–H groups in total. The molecule has 132 valence electrons. The molecular weight excluding hydrogens is 337 g/mol. The molecule has 0 fully saturated rings. The fourth-order valence-electron chi connectivity index (χ4n) is 3.01. The summed E-state index contributed by atoms with van der Waals surface area (Å²) in [6.45, 7) is 2.71. The first-order valence-electron chi connectivity index (χ1n) is 8.10. The van der Waals surface area contributed by atoms with Gasteiger partial charge in [0.1, 0.15) is 11.3 Å². The van der Waals surface area contributed by atoms with E-state index in [0.29, 0.717) is 24.3 Å². The number of pyridine rings is 1. The molecule has 0 aliphatic rings. The van der Waals surface area contributed by atoms with Crippen LogP contribution in [0.5, 0.6) is 0 Å². The number of hydrogen-bond acceptors (Lipinski definition) is 5. The van der Waals surface area contributed by atoms with E-state index < -0.39 is 0 Å². The van der Waals surface area contributed by atoms with Gasteiger partial charge in [0.05, 0.1) is 17.9 Å². The van der Waals surface area contributed by atoms with E-state index in [4.69, 9.17) is 4.74 Å². The summed E-state index contributed by atoms with van der Waals surface area (Å²) in [5, 5.41) is 12.9. The van der Waals surface area contributed by atoms with Crippen LogP contribution in [0.15, 0.2) is 41.3 Å². The Bertz CT molecular complexity index is 1160. The molecule has 0 bridgehead atoms. The number of fused-ring (bicyclic) bond motifs is 3. The number of rotatable bonds is 4. The summed E-state index contributed by atoms with van der Waals surface area (Å²) < 4.78 is 21.4. The maximum atomic E-state index is 13.2. The van der Waals surface area contributed by atoms with Crippen LogP contribution in [-0.2, 0) is 11.3 Å². The van der Waals surface area contributed by atoms with Crippen molar-refractivity contribution in [2.45, 2.75) is 13.5 Å². The normalized spacial score (nSPS) is 11.5. The van der Waals surface area contributed by atoms with Gasteiger partial charge in [0.2, 0.25) is 0 Å². The molecule has 4 rings (SSSR count). The van der Waals surface area contributed by atoms with E-state index in [1.165, 1.54) is 16.7 Å². The molecule has 0 spiro atoms. The summed E-state index contributed by atoms with van der Waals surface area (Å²) >= 11 is 0. The summed E-state index contributed by atoms with van der Waals surface area (Å²) in [4.78, 5) is 12.6. The molecule has 7 nitrogen and oxygen atoms in total. The van der Waals surface area contributed by atoms with Crippen LogP contribution in [-0.4, -0.2) is 38.1 Å². The first kappa shape index (κ1) is 16.3. The lowest BCUT2D eigenvalue weighted by atomic mass is 10.1. The van der Waals surface area contributed by atoms with Crippen LogP contribution in [0.25, 0.3) is 27.8 Å². The van der Waals surface area contributed by atoms with Gasteiger partial charge in [-0.3, -0.25) is 4.79 Å². The van der Waals surface area contributed by atoms with Crippen molar-refractivity contribution in [3.05, 3.63) is 58.4 Å². The second-order valence-corrected chi connectivity index (χ2v) is 5.94. The molecule has 0 aliphatic carbocycles. The lowest BCUT2D eigenvalue weighted by molar-refractivity contribution is 0.186. The topological polar surface area (TPSA) is 74.3 Å². The predicted octanol–water partition coefficient (Wildman–Crippen LogP) is 2.20. The molecule has 8 heteroatoms. The Morgan fingerprint density at radius 2 is 1.92 bits per heavy atom. The fourth-order valence-corrected chi connectivity index (χ4v) is 3.01. The highest BCUT2D eigenvalue weighted by atomic mass is 19.1. The monoisotopic (exact) mass is 353 g/mol. The molecule has 3 aromatic heterocycles. The summed E-state index contributed by atoms with van der Waals surface area (Å²) in [6, 6.07) is 7.92. The number of halogens is 1. The van der Waals surface area contributed by atoms with Crippen LogP contribution in [0.4, 0.5) is 4.39 Å². The van der Waals surface area contributed by atoms with E-state index in [2.05, 4.69) is 15.3 Å². The van der Waals surface area contributed by atoms with Crippen molar-refractivity contribution in [2.75, 3.05) is 13.7 Å². The molecule has 0 saturated heterocycles. The van der Waals surface area contributed by atoms with E-state index in [-0.39, 0.29) is 16.9 Å². The quantitative estimate of drug-likeness (QED) is 0.562. The third-order valence-electron chi connectivity index (χ3n) is 4.30. The molecule has 0 aliphatic heterocycles. The van der Waals surface area contributed by atoms with Crippen molar-refractivity contribution in [3.63, 3.8) is 0 Å². The van der Waals surface area contributed by atoms with E-state index in [1.807, 2.05) is 6.92 Å². The van der Waals surface area contributed by atoms with E-state index >= 15 is 0 Å². The number of methoxy groups -OCH3 is 1. The average molecular weight is 353 g/mol. The Balaban J connectivity index is 1.94. The zero-order valence-corrected chi connectivity index (χ0v) is 14.3. The number of ether oxygens (including phenoxy) is 1. The minimum absolute atomic E-state index is 0.240. The van der Waals surface area contributed by atoms with Crippen LogP contribution in [0.3, 0.4) is 0 Å². The summed E-state index contributed by atoms with van der Waals surface area (Å²) in [5.41, 5.74) is 3.38. The molecule has 0 amide bonds. The van der Waals surface area contributed by atoms with Crippen LogP contribution in [0, 0.1) is 12.7 Å². The lowest BCUT2D eigenvalue weighted by Gasteiger charge is -2.06. The van der Waals surface area contributed by atoms with Gasteiger partial charge in [-0.1, -0.05) is 12.1 Å². The average Bonchev–Trinajstić information content (AvgIpc) is 2.98. The maximum absolute atomic E-state index is 13.2. The van der Waals surface area contributed by atoms with Gasteiger partial charge in [0.25, 0.3) is 5.56 Å². The first-order valence-corrected chi connectivity index (χ1v) is 8.10. The van der Waals surface area contributed by atoms with Crippen LogP contribution in [0.1, 0.15) is 5.69 Å². The number of hydrogen-bond donors (Lipinski definition) is 0. The number of benzene rings is 1. The Labute approximate surface area is 147 Å². The van der Waals surface area contributed by atoms with Crippen molar-refractivity contribution in [3.8, 4) is 11.1 Å². The minimum Gasteiger partial charge on any atom is -0.383 e. The summed E-state index contributed by atoms with van der Waals surface area (Å²) in [7, 11) is 1.58. The second-order valence-electron chi connectivity index (χ2n) is 5.94. The Morgan fingerprint density at radius 3 is 2.65 bits per heavy atom. The van der Waals surface area contributed by atoms with Gasteiger partial charge in [-0.25, -0.2) is 8.91 Å². The SMILES string of the molecule is COCCn1ccc2c(nnc3c(-c4ccc(F)cc4)c(C)nn32)c1=O. The van der Waals surface area contributed by atoms with Crippen molar-refractivity contribution < 1.29 is 9.13 Å².